The normalized spacial score (nSPS) is 13.5. The van der Waals surface area contributed by atoms with Gasteiger partial charge < -0.3 is 10.2 Å². The summed E-state index contributed by atoms with van der Waals surface area (Å²) >= 11 is 0. The zero-order valence-corrected chi connectivity index (χ0v) is 7.73. The number of hydrogen-bond donors (Lipinski definition) is 2. The number of allylic oxidation sites excluding steroid dienone is 2. The van der Waals surface area contributed by atoms with Crippen LogP contribution in [0.4, 0.5) is 0 Å². The number of carbonyl (C=O) groups is 2. The van der Waals surface area contributed by atoms with Crippen molar-refractivity contribution in [2.45, 2.75) is 20.3 Å². The molecule has 0 saturated heterocycles. The van der Waals surface area contributed by atoms with Gasteiger partial charge in [0.25, 0.3) is 0 Å². The Hall–Kier alpha value is 0.680. The van der Waals surface area contributed by atoms with Crippen molar-refractivity contribution in [2.75, 3.05) is 0 Å². The van der Waals surface area contributed by atoms with Crippen LogP contribution in [-0.2, 0) is 9.59 Å². The maximum atomic E-state index is 10.7. The number of hydrogen-bond acceptors (Lipinski definition) is 2. The predicted molar refractivity (Wildman–Crippen MR) is 61.7 cm³/mol. The first kappa shape index (κ1) is 21.0. The van der Waals surface area contributed by atoms with E-state index in [0.717, 1.165) is 0 Å². The third-order valence-electron chi connectivity index (χ3n) is 1.94. The van der Waals surface area contributed by atoms with E-state index in [9.17, 15) is 9.59 Å². The van der Waals surface area contributed by atoms with Crippen molar-refractivity contribution in [1.82, 2.24) is 0 Å². The monoisotopic (exact) mass is 234 g/mol. The number of carboxylic acid groups (broad SMARTS) is 2. The van der Waals surface area contributed by atoms with E-state index in [1.54, 1.807) is 19.1 Å². The van der Waals surface area contributed by atoms with Crippen molar-refractivity contribution >= 4 is 71.1 Å². The summed E-state index contributed by atoms with van der Waals surface area (Å²) in [6.45, 7) is 3.18. The third-order valence-corrected chi connectivity index (χ3v) is 1.94. The third kappa shape index (κ3) is 8.48. The van der Waals surface area contributed by atoms with Crippen molar-refractivity contribution < 1.29 is 19.8 Å². The molecule has 0 aliphatic carbocycles. The Kier molecular flexibility index (Phi) is 15.7. The fourth-order valence-electron chi connectivity index (χ4n) is 0.974. The zero-order valence-electron chi connectivity index (χ0n) is 7.73. The molecule has 0 aromatic carbocycles. The van der Waals surface area contributed by atoms with Gasteiger partial charge in [0.1, 0.15) is 0 Å². The number of rotatable bonds is 5. The summed E-state index contributed by atoms with van der Waals surface area (Å²) < 4.78 is 0. The Labute approximate surface area is 134 Å². The fourth-order valence-corrected chi connectivity index (χ4v) is 0.974. The molecular formula is C9H16Na2O4. The van der Waals surface area contributed by atoms with Gasteiger partial charge in [0.15, 0.2) is 0 Å². The van der Waals surface area contributed by atoms with Gasteiger partial charge in [-0.15, -0.1) is 0 Å². The van der Waals surface area contributed by atoms with Gasteiger partial charge in [-0.05, 0) is 13.3 Å². The molecule has 0 spiro atoms. The second-order valence-corrected chi connectivity index (χ2v) is 2.88. The first-order chi connectivity index (χ1) is 6.00. The van der Waals surface area contributed by atoms with E-state index in [2.05, 4.69) is 0 Å². The molecule has 0 aliphatic rings. The second kappa shape index (κ2) is 11.2. The molecule has 0 aliphatic heterocycles. The summed E-state index contributed by atoms with van der Waals surface area (Å²) in [5.74, 6) is -3.83. The average Bonchev–Trinajstić information content (AvgIpc) is 2.04. The van der Waals surface area contributed by atoms with Crippen LogP contribution in [0.3, 0.4) is 0 Å². The summed E-state index contributed by atoms with van der Waals surface area (Å²) in [6.07, 6.45) is 3.64. The van der Waals surface area contributed by atoms with Crippen molar-refractivity contribution in [2.24, 2.45) is 11.8 Å². The Bertz CT molecular complexity index is 228. The molecule has 0 heterocycles. The molecule has 6 heteroatoms. The van der Waals surface area contributed by atoms with E-state index >= 15 is 0 Å². The Morgan fingerprint density at radius 1 is 1.20 bits per heavy atom. The Balaban J connectivity index is -0.000000720. The van der Waals surface area contributed by atoms with Gasteiger partial charge in [-0.25, -0.2) is 0 Å². The van der Waals surface area contributed by atoms with E-state index in [1.165, 1.54) is 6.92 Å². The molecule has 78 valence electrons. The van der Waals surface area contributed by atoms with Crippen LogP contribution in [0, 0.1) is 11.8 Å². The minimum absolute atomic E-state index is 0. The second-order valence-electron chi connectivity index (χ2n) is 2.88. The van der Waals surface area contributed by atoms with Crippen LogP contribution in [0.2, 0.25) is 0 Å². The van der Waals surface area contributed by atoms with Crippen LogP contribution in [0.15, 0.2) is 12.2 Å². The van der Waals surface area contributed by atoms with E-state index < -0.39 is 23.8 Å². The Morgan fingerprint density at radius 3 is 1.93 bits per heavy atom. The Morgan fingerprint density at radius 2 is 1.67 bits per heavy atom. The molecule has 2 atom stereocenters. The van der Waals surface area contributed by atoms with Crippen LogP contribution in [-0.4, -0.2) is 81.3 Å². The van der Waals surface area contributed by atoms with E-state index in [0.29, 0.717) is 0 Å². The molecule has 0 aromatic rings. The first-order valence-electron chi connectivity index (χ1n) is 4.07. The molecule has 0 fully saturated rings. The topological polar surface area (TPSA) is 74.6 Å². The van der Waals surface area contributed by atoms with Crippen molar-refractivity contribution in [3.8, 4) is 0 Å². The molecule has 4 nitrogen and oxygen atoms in total. The molecular weight excluding hydrogens is 218 g/mol. The zero-order chi connectivity index (χ0) is 10.4. The number of aliphatic carboxylic acids is 2. The summed E-state index contributed by atoms with van der Waals surface area (Å²) in [5.41, 5.74) is 0. The molecule has 0 radical (unpaired) electrons. The predicted octanol–water partition coefficient (Wildman–Crippen LogP) is 0.0771. The van der Waals surface area contributed by atoms with Gasteiger partial charge in [-0.2, -0.15) is 0 Å². The summed E-state index contributed by atoms with van der Waals surface area (Å²) in [4.78, 5) is 21.2. The van der Waals surface area contributed by atoms with Crippen LogP contribution in [0.1, 0.15) is 20.3 Å². The van der Waals surface area contributed by atoms with Crippen molar-refractivity contribution in [1.29, 1.82) is 0 Å². The van der Waals surface area contributed by atoms with Crippen LogP contribution in [0.25, 0.3) is 0 Å². The SMILES string of the molecule is CC=CCC(C(=O)O)C(C)C(=O)O.[NaH].[NaH]. The van der Waals surface area contributed by atoms with Gasteiger partial charge in [-0.1, -0.05) is 19.1 Å². The van der Waals surface area contributed by atoms with Crippen molar-refractivity contribution in [3.63, 3.8) is 0 Å². The van der Waals surface area contributed by atoms with E-state index in [-0.39, 0.29) is 65.5 Å². The van der Waals surface area contributed by atoms with E-state index in [1.807, 2.05) is 0 Å². The number of carboxylic acids is 2. The van der Waals surface area contributed by atoms with Gasteiger partial charge >= 0.3 is 71.1 Å². The fraction of sp³-hybridized carbons (Fsp3) is 0.556. The van der Waals surface area contributed by atoms with Crippen LogP contribution < -0.4 is 0 Å². The average molecular weight is 234 g/mol. The van der Waals surface area contributed by atoms with Crippen LogP contribution >= 0.6 is 0 Å². The molecule has 0 aromatic heterocycles. The molecule has 15 heavy (non-hydrogen) atoms. The molecule has 0 saturated carbocycles. The molecule has 2 unspecified atom stereocenters. The summed E-state index contributed by atoms with van der Waals surface area (Å²) in [6, 6.07) is 0. The van der Waals surface area contributed by atoms with Gasteiger partial charge in [-0.3, -0.25) is 9.59 Å². The van der Waals surface area contributed by atoms with Crippen LogP contribution in [0.5, 0.6) is 0 Å². The van der Waals surface area contributed by atoms with Gasteiger partial charge in [0, 0.05) is 0 Å². The molecule has 0 bridgehead atoms. The van der Waals surface area contributed by atoms with Gasteiger partial charge in [0.05, 0.1) is 11.8 Å². The molecule has 0 rings (SSSR count). The minimum atomic E-state index is -1.07. The van der Waals surface area contributed by atoms with Gasteiger partial charge in [0.2, 0.25) is 0 Å². The molecule has 2 N–H and O–H groups in total. The van der Waals surface area contributed by atoms with E-state index in [4.69, 9.17) is 10.2 Å². The quantitative estimate of drug-likeness (QED) is 0.521. The standard InChI is InChI=1S/C9H14O4.2Na.2H/c1-3-4-5-7(9(12)13)6(2)8(10)11;;;;/h3-4,6-7H,5H2,1-2H3,(H,10,11)(H,12,13);;;;. The maximum absolute atomic E-state index is 10.7. The summed E-state index contributed by atoms with van der Waals surface area (Å²) in [7, 11) is 0. The summed E-state index contributed by atoms with van der Waals surface area (Å²) in [5, 5.41) is 17.3. The molecule has 0 amide bonds. The van der Waals surface area contributed by atoms with Crippen molar-refractivity contribution in [3.05, 3.63) is 12.2 Å². The first-order valence-corrected chi connectivity index (χ1v) is 4.07.